The van der Waals surface area contributed by atoms with Crippen LogP contribution in [-0.4, -0.2) is 19.7 Å². The van der Waals surface area contributed by atoms with E-state index in [0.29, 0.717) is 6.54 Å². The van der Waals surface area contributed by atoms with E-state index in [4.69, 9.17) is 0 Å². The normalized spacial score (nSPS) is 11.0. The van der Waals surface area contributed by atoms with E-state index in [1.165, 1.54) is 0 Å². The molecule has 0 unspecified atom stereocenters. The summed E-state index contributed by atoms with van der Waals surface area (Å²) in [6, 6.07) is 15.2. The average molecular weight is 302 g/mol. The van der Waals surface area contributed by atoms with Crippen LogP contribution in [0.1, 0.15) is 5.69 Å². The van der Waals surface area contributed by atoms with Crippen molar-refractivity contribution in [3.05, 3.63) is 83.2 Å². The van der Waals surface area contributed by atoms with Gasteiger partial charge in [0.05, 0.1) is 24.0 Å². The van der Waals surface area contributed by atoms with E-state index >= 15 is 0 Å². The number of nitrogens with one attached hydrogen (secondary N) is 1. The third kappa shape index (κ3) is 2.64. The SMILES string of the molecule is O=c1ccc(-c2ccc3cn[nH]c3c2)cn1Cc1ccccn1. The third-order valence-corrected chi connectivity index (χ3v) is 3.82. The van der Waals surface area contributed by atoms with Crippen molar-refractivity contribution in [2.75, 3.05) is 0 Å². The highest BCUT2D eigenvalue weighted by Crippen LogP contribution is 2.22. The maximum Gasteiger partial charge on any atom is 0.250 e. The van der Waals surface area contributed by atoms with Gasteiger partial charge in [-0.15, -0.1) is 0 Å². The van der Waals surface area contributed by atoms with Crippen molar-refractivity contribution < 1.29 is 0 Å². The van der Waals surface area contributed by atoms with Crippen LogP contribution in [0, 0.1) is 0 Å². The summed E-state index contributed by atoms with van der Waals surface area (Å²) in [6.45, 7) is 0.458. The Bertz CT molecular complexity index is 1020. The molecule has 4 aromatic rings. The lowest BCUT2D eigenvalue weighted by Crippen LogP contribution is -2.19. The average Bonchev–Trinajstić information content (AvgIpc) is 3.05. The fourth-order valence-electron chi connectivity index (χ4n) is 2.61. The lowest BCUT2D eigenvalue weighted by molar-refractivity contribution is 0.741. The Balaban J connectivity index is 1.75. The largest absolute Gasteiger partial charge is 0.309 e. The molecule has 0 atom stereocenters. The van der Waals surface area contributed by atoms with Gasteiger partial charge in [-0.1, -0.05) is 18.2 Å². The van der Waals surface area contributed by atoms with Crippen molar-refractivity contribution in [1.29, 1.82) is 0 Å². The van der Waals surface area contributed by atoms with Gasteiger partial charge in [-0.3, -0.25) is 14.9 Å². The van der Waals surface area contributed by atoms with E-state index < -0.39 is 0 Å². The number of fused-ring (bicyclic) bond motifs is 1. The fraction of sp³-hybridized carbons (Fsp3) is 0.0556. The molecule has 5 heteroatoms. The van der Waals surface area contributed by atoms with Crippen LogP contribution in [0.15, 0.2) is 71.9 Å². The first-order valence-corrected chi connectivity index (χ1v) is 7.33. The molecule has 1 N–H and O–H groups in total. The lowest BCUT2D eigenvalue weighted by Gasteiger charge is -2.08. The molecule has 0 aliphatic carbocycles. The van der Waals surface area contributed by atoms with Gasteiger partial charge >= 0.3 is 0 Å². The molecule has 23 heavy (non-hydrogen) atoms. The summed E-state index contributed by atoms with van der Waals surface area (Å²) in [6.07, 6.45) is 5.39. The molecule has 0 saturated carbocycles. The van der Waals surface area contributed by atoms with E-state index in [-0.39, 0.29) is 5.56 Å². The molecular formula is C18H14N4O. The van der Waals surface area contributed by atoms with E-state index in [0.717, 1.165) is 27.7 Å². The number of aromatic amines is 1. The molecule has 0 amide bonds. The van der Waals surface area contributed by atoms with Crippen LogP contribution in [0.4, 0.5) is 0 Å². The molecule has 112 valence electrons. The molecule has 0 saturated heterocycles. The zero-order valence-electron chi connectivity index (χ0n) is 12.3. The second-order valence-corrected chi connectivity index (χ2v) is 5.38. The van der Waals surface area contributed by atoms with Gasteiger partial charge in [0.15, 0.2) is 0 Å². The molecule has 3 aromatic heterocycles. The molecule has 0 spiro atoms. The van der Waals surface area contributed by atoms with Crippen LogP contribution >= 0.6 is 0 Å². The van der Waals surface area contributed by atoms with Crippen LogP contribution in [-0.2, 0) is 6.54 Å². The van der Waals surface area contributed by atoms with Crippen molar-refractivity contribution in [2.45, 2.75) is 6.54 Å². The Morgan fingerprint density at radius 3 is 2.83 bits per heavy atom. The first kappa shape index (κ1) is 13.5. The molecule has 4 rings (SSSR count). The number of hydrogen-bond acceptors (Lipinski definition) is 3. The van der Waals surface area contributed by atoms with E-state index in [9.17, 15) is 4.79 Å². The number of hydrogen-bond donors (Lipinski definition) is 1. The van der Waals surface area contributed by atoms with E-state index in [2.05, 4.69) is 15.2 Å². The Hall–Kier alpha value is -3.21. The van der Waals surface area contributed by atoms with Crippen molar-refractivity contribution in [3.8, 4) is 11.1 Å². The first-order chi connectivity index (χ1) is 11.3. The number of benzene rings is 1. The highest BCUT2D eigenvalue weighted by atomic mass is 16.1. The number of aromatic nitrogens is 4. The van der Waals surface area contributed by atoms with Gasteiger partial charge in [0, 0.05) is 23.8 Å². The van der Waals surface area contributed by atoms with Gasteiger partial charge in [0.1, 0.15) is 0 Å². The number of rotatable bonds is 3. The van der Waals surface area contributed by atoms with Crippen LogP contribution < -0.4 is 5.56 Å². The minimum absolute atomic E-state index is 0.0398. The second kappa shape index (κ2) is 5.53. The van der Waals surface area contributed by atoms with Gasteiger partial charge in [-0.2, -0.15) is 5.10 Å². The Kier molecular flexibility index (Phi) is 3.24. The highest BCUT2D eigenvalue weighted by Gasteiger charge is 2.05. The lowest BCUT2D eigenvalue weighted by atomic mass is 10.1. The number of H-pyrrole nitrogens is 1. The Morgan fingerprint density at radius 2 is 1.96 bits per heavy atom. The van der Waals surface area contributed by atoms with Crippen LogP contribution in [0.3, 0.4) is 0 Å². The van der Waals surface area contributed by atoms with Gasteiger partial charge in [-0.05, 0) is 35.4 Å². The summed E-state index contributed by atoms with van der Waals surface area (Å²) in [5.41, 5.74) is 3.82. The summed E-state index contributed by atoms with van der Waals surface area (Å²) >= 11 is 0. The number of nitrogens with zero attached hydrogens (tertiary/aromatic N) is 3. The predicted molar refractivity (Wildman–Crippen MR) is 89.1 cm³/mol. The molecule has 5 nitrogen and oxygen atoms in total. The number of pyridine rings is 2. The topological polar surface area (TPSA) is 63.6 Å². The Labute approximate surface area is 132 Å². The van der Waals surface area contributed by atoms with Gasteiger partial charge < -0.3 is 4.57 Å². The van der Waals surface area contributed by atoms with Crippen molar-refractivity contribution in [3.63, 3.8) is 0 Å². The summed E-state index contributed by atoms with van der Waals surface area (Å²) in [5.74, 6) is 0. The monoisotopic (exact) mass is 302 g/mol. The third-order valence-electron chi connectivity index (χ3n) is 3.82. The first-order valence-electron chi connectivity index (χ1n) is 7.33. The summed E-state index contributed by atoms with van der Waals surface area (Å²) in [4.78, 5) is 16.4. The van der Waals surface area contributed by atoms with Crippen molar-refractivity contribution in [2.24, 2.45) is 0 Å². The van der Waals surface area contributed by atoms with E-state index in [1.807, 2.05) is 48.7 Å². The molecule has 0 fully saturated rings. The molecule has 0 bridgehead atoms. The summed E-state index contributed by atoms with van der Waals surface area (Å²) < 4.78 is 1.68. The van der Waals surface area contributed by atoms with Crippen molar-refractivity contribution in [1.82, 2.24) is 19.7 Å². The molecule has 0 radical (unpaired) electrons. The minimum atomic E-state index is -0.0398. The maximum atomic E-state index is 12.1. The Morgan fingerprint density at radius 1 is 1.04 bits per heavy atom. The quantitative estimate of drug-likeness (QED) is 0.633. The van der Waals surface area contributed by atoms with Gasteiger partial charge in [-0.25, -0.2) is 0 Å². The molecule has 0 aliphatic heterocycles. The zero-order chi connectivity index (χ0) is 15.6. The molecule has 1 aromatic carbocycles. The van der Waals surface area contributed by atoms with Gasteiger partial charge in [0.2, 0.25) is 0 Å². The minimum Gasteiger partial charge on any atom is -0.309 e. The van der Waals surface area contributed by atoms with Crippen LogP contribution in [0.5, 0.6) is 0 Å². The fourth-order valence-corrected chi connectivity index (χ4v) is 2.61. The van der Waals surface area contributed by atoms with Crippen LogP contribution in [0.2, 0.25) is 0 Å². The smallest absolute Gasteiger partial charge is 0.250 e. The highest BCUT2D eigenvalue weighted by molar-refractivity contribution is 5.83. The van der Waals surface area contributed by atoms with E-state index in [1.54, 1.807) is 23.0 Å². The van der Waals surface area contributed by atoms with Crippen molar-refractivity contribution >= 4 is 10.9 Å². The standard InChI is InChI=1S/C18H14N4O/c23-18-7-6-15(11-22(18)12-16-3-1-2-8-19-16)13-4-5-14-10-20-21-17(14)9-13/h1-11H,12H2,(H,20,21). The molecule has 3 heterocycles. The van der Waals surface area contributed by atoms with Gasteiger partial charge in [0.25, 0.3) is 5.56 Å². The summed E-state index contributed by atoms with van der Waals surface area (Å²) in [7, 11) is 0. The predicted octanol–water partition coefficient (Wildman–Crippen LogP) is 2.83. The maximum absolute atomic E-state index is 12.1. The zero-order valence-corrected chi connectivity index (χ0v) is 12.3. The molecule has 0 aliphatic rings. The summed E-state index contributed by atoms with van der Waals surface area (Å²) in [5, 5.41) is 8.07. The molecular weight excluding hydrogens is 288 g/mol. The van der Waals surface area contributed by atoms with Crippen LogP contribution in [0.25, 0.3) is 22.0 Å². The second-order valence-electron chi connectivity index (χ2n) is 5.38.